The fraction of sp³-hybridized carbons (Fsp3) is 0.500. The van der Waals surface area contributed by atoms with E-state index in [9.17, 15) is 22.0 Å². The molecule has 0 amide bonds. The highest BCUT2D eigenvalue weighted by atomic mass is 19.4. The normalized spacial score (nSPS) is 20.0. The minimum absolute atomic E-state index is 0.147. The van der Waals surface area contributed by atoms with Crippen molar-refractivity contribution in [3.8, 4) is 0 Å². The monoisotopic (exact) mass is 304 g/mol. The highest BCUT2D eigenvalue weighted by Gasteiger charge is 2.36. The molecule has 1 aliphatic carbocycles. The zero-order valence-corrected chi connectivity index (χ0v) is 11.0. The van der Waals surface area contributed by atoms with Gasteiger partial charge in [-0.15, -0.1) is 0 Å². The Bertz CT molecular complexity index is 649. The van der Waals surface area contributed by atoms with E-state index in [0.717, 1.165) is 12.1 Å². The summed E-state index contributed by atoms with van der Waals surface area (Å²) in [5.74, 6) is -2.28. The van der Waals surface area contributed by atoms with E-state index in [0.29, 0.717) is 24.2 Å². The third kappa shape index (κ3) is 2.87. The molecule has 2 aromatic rings. The van der Waals surface area contributed by atoms with Crippen LogP contribution in [-0.2, 0) is 6.18 Å². The molecule has 21 heavy (non-hydrogen) atoms. The van der Waals surface area contributed by atoms with Crippen molar-refractivity contribution in [2.24, 2.45) is 0 Å². The molecular weight excluding hydrogens is 291 g/mol. The van der Waals surface area contributed by atoms with Crippen LogP contribution in [0.2, 0.25) is 0 Å². The first-order valence-corrected chi connectivity index (χ1v) is 6.69. The molecule has 114 valence electrons. The Morgan fingerprint density at radius 3 is 2.43 bits per heavy atom. The van der Waals surface area contributed by atoms with Gasteiger partial charge in [-0.05, 0) is 31.0 Å². The van der Waals surface area contributed by atoms with Gasteiger partial charge < -0.3 is 4.98 Å². The maximum atomic E-state index is 13.1. The number of imidazole rings is 1. The van der Waals surface area contributed by atoms with E-state index in [-0.39, 0.29) is 24.3 Å². The molecule has 1 aliphatic rings. The number of H-pyrrole nitrogens is 1. The number of aromatic amines is 1. The summed E-state index contributed by atoms with van der Waals surface area (Å²) in [6, 6.07) is 3.28. The Balaban J connectivity index is 1.88. The molecule has 1 fully saturated rings. The van der Waals surface area contributed by atoms with E-state index in [1.807, 2.05) is 0 Å². The number of fused-ring (bicyclic) bond motifs is 1. The molecule has 1 aromatic carbocycles. The van der Waals surface area contributed by atoms with Crippen LogP contribution in [0.15, 0.2) is 18.2 Å². The fourth-order valence-corrected chi connectivity index (χ4v) is 2.71. The molecule has 7 heteroatoms. The lowest BCUT2D eigenvalue weighted by Gasteiger charge is -2.26. The first kappa shape index (κ1) is 14.3. The topological polar surface area (TPSA) is 28.7 Å². The van der Waals surface area contributed by atoms with Gasteiger partial charge in [-0.2, -0.15) is 13.2 Å². The van der Waals surface area contributed by atoms with Gasteiger partial charge in [-0.1, -0.05) is 0 Å². The van der Waals surface area contributed by atoms with E-state index < -0.39 is 17.7 Å². The van der Waals surface area contributed by atoms with Gasteiger partial charge in [-0.3, -0.25) is 0 Å². The van der Waals surface area contributed by atoms with Crippen molar-refractivity contribution >= 4 is 11.0 Å². The molecule has 2 nitrogen and oxygen atoms in total. The summed E-state index contributed by atoms with van der Waals surface area (Å²) >= 11 is 0. The Morgan fingerprint density at radius 2 is 1.81 bits per heavy atom. The van der Waals surface area contributed by atoms with E-state index in [1.54, 1.807) is 0 Å². The maximum Gasteiger partial charge on any atom is 0.416 e. The van der Waals surface area contributed by atoms with Crippen molar-refractivity contribution in [2.75, 3.05) is 0 Å². The van der Waals surface area contributed by atoms with Crippen molar-refractivity contribution in [3.63, 3.8) is 0 Å². The average Bonchev–Trinajstić information content (AvgIpc) is 2.80. The summed E-state index contributed by atoms with van der Waals surface area (Å²) in [6.45, 7) is 0. The van der Waals surface area contributed by atoms with Crippen LogP contribution in [0, 0.1) is 0 Å². The predicted molar refractivity (Wildman–Crippen MR) is 67.3 cm³/mol. The quantitative estimate of drug-likeness (QED) is 0.748. The molecule has 0 spiro atoms. The van der Waals surface area contributed by atoms with Crippen LogP contribution in [0.1, 0.15) is 43.0 Å². The molecule has 0 bridgehead atoms. The molecule has 1 N–H and O–H groups in total. The molecule has 0 aliphatic heterocycles. The number of nitrogens with zero attached hydrogens (tertiary/aromatic N) is 1. The summed E-state index contributed by atoms with van der Waals surface area (Å²) in [7, 11) is 0. The molecular formula is C14H13F5N2. The Kier molecular flexibility index (Phi) is 3.18. The van der Waals surface area contributed by atoms with Crippen LogP contribution in [0.5, 0.6) is 0 Å². The van der Waals surface area contributed by atoms with Gasteiger partial charge >= 0.3 is 6.18 Å². The van der Waals surface area contributed by atoms with Crippen LogP contribution in [-0.4, -0.2) is 15.9 Å². The number of nitrogens with one attached hydrogen (secondary N) is 1. The average molecular weight is 304 g/mol. The molecule has 1 heterocycles. The molecule has 3 rings (SSSR count). The number of halogens is 5. The van der Waals surface area contributed by atoms with E-state index in [4.69, 9.17) is 0 Å². The van der Waals surface area contributed by atoms with E-state index >= 15 is 0 Å². The van der Waals surface area contributed by atoms with Gasteiger partial charge in [0.05, 0.1) is 16.6 Å². The lowest BCUT2D eigenvalue weighted by Crippen LogP contribution is -2.24. The Hall–Kier alpha value is -1.66. The Morgan fingerprint density at radius 1 is 1.14 bits per heavy atom. The summed E-state index contributed by atoms with van der Waals surface area (Å²) in [5, 5.41) is 0. The van der Waals surface area contributed by atoms with Crippen LogP contribution in [0.3, 0.4) is 0 Å². The van der Waals surface area contributed by atoms with Gasteiger partial charge in [0.1, 0.15) is 5.82 Å². The minimum Gasteiger partial charge on any atom is -0.342 e. The predicted octanol–water partition coefficient (Wildman–Crippen LogP) is 4.87. The van der Waals surface area contributed by atoms with Crippen LogP contribution < -0.4 is 0 Å². The minimum atomic E-state index is -4.41. The number of aromatic nitrogens is 2. The molecule has 0 atom stereocenters. The summed E-state index contributed by atoms with van der Waals surface area (Å²) in [4.78, 5) is 7.09. The van der Waals surface area contributed by atoms with Gasteiger partial charge in [0.15, 0.2) is 0 Å². The fourth-order valence-electron chi connectivity index (χ4n) is 2.71. The van der Waals surface area contributed by atoms with Crippen LogP contribution in [0.25, 0.3) is 11.0 Å². The molecule has 0 radical (unpaired) electrons. The lowest BCUT2D eigenvalue weighted by atomic mass is 9.86. The van der Waals surface area contributed by atoms with Crippen LogP contribution >= 0.6 is 0 Å². The number of hydrogen-bond acceptors (Lipinski definition) is 1. The lowest BCUT2D eigenvalue weighted by molar-refractivity contribution is -0.137. The number of rotatable bonds is 1. The number of hydrogen-bond donors (Lipinski definition) is 1. The van der Waals surface area contributed by atoms with Crippen LogP contribution in [0.4, 0.5) is 22.0 Å². The van der Waals surface area contributed by atoms with E-state index in [2.05, 4.69) is 9.97 Å². The standard InChI is InChI=1S/C14H13F5N2/c15-13(16)5-3-8(4-6-13)12-20-10-2-1-9(14(17,18)19)7-11(10)21-12/h1-2,7-8H,3-6H2,(H,20,21). The number of alkyl halides is 5. The summed E-state index contributed by atoms with van der Waals surface area (Å²) < 4.78 is 64.2. The van der Waals surface area contributed by atoms with Gasteiger partial charge in [0, 0.05) is 18.8 Å². The smallest absolute Gasteiger partial charge is 0.342 e. The summed E-state index contributed by atoms with van der Waals surface area (Å²) in [5.41, 5.74) is -0.0344. The highest BCUT2D eigenvalue weighted by molar-refractivity contribution is 5.76. The molecule has 0 saturated heterocycles. The van der Waals surface area contributed by atoms with Gasteiger partial charge in [0.2, 0.25) is 5.92 Å². The van der Waals surface area contributed by atoms with Crippen molar-refractivity contribution in [1.82, 2.24) is 9.97 Å². The van der Waals surface area contributed by atoms with Gasteiger partial charge in [0.25, 0.3) is 0 Å². The zero-order chi connectivity index (χ0) is 15.3. The van der Waals surface area contributed by atoms with E-state index in [1.165, 1.54) is 6.07 Å². The van der Waals surface area contributed by atoms with Crippen molar-refractivity contribution in [1.29, 1.82) is 0 Å². The molecule has 1 aromatic heterocycles. The number of benzene rings is 1. The largest absolute Gasteiger partial charge is 0.416 e. The zero-order valence-electron chi connectivity index (χ0n) is 11.0. The molecule has 1 saturated carbocycles. The van der Waals surface area contributed by atoms with Crippen molar-refractivity contribution in [3.05, 3.63) is 29.6 Å². The van der Waals surface area contributed by atoms with Crippen molar-refractivity contribution < 1.29 is 22.0 Å². The summed E-state index contributed by atoms with van der Waals surface area (Å²) in [6.07, 6.45) is -4.24. The first-order valence-electron chi connectivity index (χ1n) is 6.69. The third-order valence-corrected chi connectivity index (χ3v) is 3.93. The van der Waals surface area contributed by atoms with Gasteiger partial charge in [-0.25, -0.2) is 13.8 Å². The second-order valence-electron chi connectivity index (χ2n) is 5.48. The maximum absolute atomic E-state index is 13.1. The highest BCUT2D eigenvalue weighted by Crippen LogP contribution is 2.40. The SMILES string of the molecule is FC1(F)CCC(c2nc3ccc(C(F)(F)F)cc3[nH]2)CC1. The van der Waals surface area contributed by atoms with Crippen molar-refractivity contribution in [2.45, 2.75) is 43.7 Å². The second-order valence-corrected chi connectivity index (χ2v) is 5.48. The Labute approximate surface area is 117 Å². The second kappa shape index (κ2) is 4.68. The first-order chi connectivity index (χ1) is 9.74. The third-order valence-electron chi connectivity index (χ3n) is 3.93. The molecule has 0 unspecified atom stereocenters.